The van der Waals surface area contributed by atoms with Crippen molar-refractivity contribution in [3.63, 3.8) is 0 Å². The van der Waals surface area contributed by atoms with Gasteiger partial charge in [-0.2, -0.15) is 0 Å². The minimum absolute atomic E-state index is 0.0954. The van der Waals surface area contributed by atoms with Gasteiger partial charge >= 0.3 is 0 Å². The minimum atomic E-state index is -4.04. The molecule has 0 aliphatic rings. The first-order valence-corrected chi connectivity index (χ1v) is 14.9. The van der Waals surface area contributed by atoms with Gasteiger partial charge in [-0.1, -0.05) is 50.2 Å². The largest absolute Gasteiger partial charge is 0.496 e. The van der Waals surface area contributed by atoms with Crippen LogP contribution in [0.1, 0.15) is 49.4 Å². The van der Waals surface area contributed by atoms with Crippen LogP contribution in [0.4, 0.5) is 5.69 Å². The van der Waals surface area contributed by atoms with Gasteiger partial charge in [-0.3, -0.25) is 9.10 Å². The molecule has 0 fully saturated rings. The summed E-state index contributed by atoms with van der Waals surface area (Å²) in [5.41, 5.74) is 3.31. The van der Waals surface area contributed by atoms with E-state index >= 15 is 0 Å². The zero-order valence-electron chi connectivity index (χ0n) is 24.0. The standard InChI is InChI=1S/C33H36N2O5S/c1-23(2)30-21-31(24(3)20-32(30)39-5)25(4)34-33(36)22-35(41(37,38)29-14-10-7-11-15-29)26-16-18-28(19-17-26)40-27-12-8-6-9-13-27/h6-21,23,25H,22H2,1-5H3,(H,34,36)/t25-/m1/s1. The molecule has 0 unspecified atom stereocenters. The normalized spacial score (nSPS) is 12.0. The maximum absolute atomic E-state index is 13.7. The van der Waals surface area contributed by atoms with Gasteiger partial charge in [0.2, 0.25) is 5.91 Å². The number of hydrogen-bond donors (Lipinski definition) is 1. The number of amides is 1. The van der Waals surface area contributed by atoms with Crippen molar-refractivity contribution in [2.24, 2.45) is 0 Å². The molecule has 0 bridgehead atoms. The lowest BCUT2D eigenvalue weighted by atomic mass is 9.93. The SMILES string of the molecule is COc1cc(C)c([C@@H](C)NC(=O)CN(c2ccc(Oc3ccccc3)cc2)S(=O)(=O)c2ccccc2)cc1C(C)C. The first-order chi connectivity index (χ1) is 19.6. The molecule has 7 nitrogen and oxygen atoms in total. The molecule has 4 aromatic carbocycles. The molecule has 0 radical (unpaired) electrons. The Labute approximate surface area is 242 Å². The van der Waals surface area contributed by atoms with Crippen molar-refractivity contribution in [2.45, 2.75) is 44.6 Å². The number of nitrogens with zero attached hydrogens (tertiary/aromatic N) is 1. The third-order valence-electron chi connectivity index (χ3n) is 6.81. The second kappa shape index (κ2) is 12.9. The molecule has 0 spiro atoms. The molecule has 0 saturated heterocycles. The predicted octanol–water partition coefficient (Wildman–Crippen LogP) is 6.99. The van der Waals surface area contributed by atoms with Crippen LogP contribution < -0.4 is 19.1 Å². The van der Waals surface area contributed by atoms with Crippen molar-refractivity contribution in [3.8, 4) is 17.2 Å². The molecule has 4 aromatic rings. The van der Waals surface area contributed by atoms with Gasteiger partial charge in [-0.25, -0.2) is 8.42 Å². The molecule has 214 valence electrons. The average Bonchev–Trinajstić information content (AvgIpc) is 2.97. The van der Waals surface area contributed by atoms with Gasteiger partial charge in [-0.15, -0.1) is 0 Å². The lowest BCUT2D eigenvalue weighted by molar-refractivity contribution is -0.120. The van der Waals surface area contributed by atoms with E-state index in [1.165, 1.54) is 12.1 Å². The van der Waals surface area contributed by atoms with Crippen LogP contribution in [0.25, 0.3) is 0 Å². The molecule has 0 heterocycles. The third-order valence-corrected chi connectivity index (χ3v) is 8.59. The highest BCUT2D eigenvalue weighted by Gasteiger charge is 2.28. The van der Waals surface area contributed by atoms with Crippen molar-refractivity contribution in [1.82, 2.24) is 5.32 Å². The number of benzene rings is 4. The number of sulfonamides is 1. The van der Waals surface area contributed by atoms with Crippen molar-refractivity contribution in [3.05, 3.63) is 114 Å². The Morgan fingerprint density at radius 2 is 1.41 bits per heavy atom. The number of anilines is 1. The zero-order chi connectivity index (χ0) is 29.6. The molecular weight excluding hydrogens is 536 g/mol. The summed E-state index contributed by atoms with van der Waals surface area (Å²) in [5, 5.41) is 3.00. The lowest BCUT2D eigenvalue weighted by Crippen LogP contribution is -2.41. The van der Waals surface area contributed by atoms with Crippen LogP contribution in [0.2, 0.25) is 0 Å². The molecular formula is C33H36N2O5S. The first-order valence-electron chi connectivity index (χ1n) is 13.5. The highest BCUT2D eigenvalue weighted by molar-refractivity contribution is 7.92. The van der Waals surface area contributed by atoms with E-state index in [4.69, 9.17) is 9.47 Å². The summed E-state index contributed by atoms with van der Waals surface area (Å²) in [5.74, 6) is 1.82. The molecule has 0 saturated carbocycles. The van der Waals surface area contributed by atoms with Crippen LogP contribution in [0, 0.1) is 6.92 Å². The van der Waals surface area contributed by atoms with Gasteiger partial charge in [0.25, 0.3) is 10.0 Å². The summed E-state index contributed by atoms with van der Waals surface area (Å²) in [6.45, 7) is 7.64. The van der Waals surface area contributed by atoms with E-state index in [1.54, 1.807) is 49.6 Å². The Morgan fingerprint density at radius 1 is 0.829 bits per heavy atom. The van der Waals surface area contributed by atoms with E-state index < -0.39 is 22.5 Å². The topological polar surface area (TPSA) is 84.9 Å². The summed E-state index contributed by atoms with van der Waals surface area (Å²) < 4.78 is 40.0. The van der Waals surface area contributed by atoms with Crippen LogP contribution in [-0.2, 0) is 14.8 Å². The van der Waals surface area contributed by atoms with Gasteiger partial charge in [-0.05, 0) is 97.1 Å². The van der Waals surface area contributed by atoms with Crippen LogP contribution in [0.3, 0.4) is 0 Å². The van der Waals surface area contributed by atoms with Gasteiger partial charge in [0, 0.05) is 0 Å². The number of methoxy groups -OCH3 is 1. The summed E-state index contributed by atoms with van der Waals surface area (Å²) >= 11 is 0. The van der Waals surface area contributed by atoms with Crippen molar-refractivity contribution < 1.29 is 22.7 Å². The van der Waals surface area contributed by atoms with E-state index in [-0.39, 0.29) is 16.9 Å². The molecule has 4 rings (SSSR count). The quantitative estimate of drug-likeness (QED) is 0.209. The zero-order valence-corrected chi connectivity index (χ0v) is 24.8. The molecule has 41 heavy (non-hydrogen) atoms. The maximum Gasteiger partial charge on any atom is 0.264 e. The Hall–Kier alpha value is -4.30. The monoisotopic (exact) mass is 572 g/mol. The predicted molar refractivity (Wildman–Crippen MR) is 162 cm³/mol. The van der Waals surface area contributed by atoms with Gasteiger partial charge in [0.1, 0.15) is 23.8 Å². The number of hydrogen-bond acceptors (Lipinski definition) is 5. The Morgan fingerprint density at radius 3 is 2.00 bits per heavy atom. The summed E-state index contributed by atoms with van der Waals surface area (Å²) in [6.07, 6.45) is 0. The highest BCUT2D eigenvalue weighted by Crippen LogP contribution is 2.32. The van der Waals surface area contributed by atoms with Crippen molar-refractivity contribution in [2.75, 3.05) is 18.0 Å². The first kappa shape index (κ1) is 29.7. The molecule has 1 amide bonds. The van der Waals surface area contributed by atoms with Gasteiger partial charge in [0.05, 0.1) is 23.7 Å². The molecule has 0 aliphatic heterocycles. The van der Waals surface area contributed by atoms with Crippen molar-refractivity contribution in [1.29, 1.82) is 0 Å². The number of aryl methyl sites for hydroxylation is 1. The number of ether oxygens (including phenoxy) is 2. The highest BCUT2D eigenvalue weighted by atomic mass is 32.2. The van der Waals surface area contributed by atoms with Crippen LogP contribution in [-0.4, -0.2) is 28.0 Å². The van der Waals surface area contributed by atoms with Crippen LogP contribution in [0.5, 0.6) is 17.2 Å². The number of nitrogens with one attached hydrogen (secondary N) is 1. The fourth-order valence-corrected chi connectivity index (χ4v) is 6.09. The van der Waals surface area contributed by atoms with Crippen LogP contribution in [0.15, 0.2) is 102 Å². The smallest absolute Gasteiger partial charge is 0.264 e. The molecule has 1 atom stereocenters. The maximum atomic E-state index is 13.7. The fraction of sp³-hybridized carbons (Fsp3) is 0.242. The van der Waals surface area contributed by atoms with Crippen molar-refractivity contribution >= 4 is 21.6 Å². The molecule has 0 aromatic heterocycles. The van der Waals surface area contributed by atoms with E-state index in [1.807, 2.05) is 56.3 Å². The van der Waals surface area contributed by atoms with Gasteiger partial charge in [0.15, 0.2) is 0 Å². The van der Waals surface area contributed by atoms with E-state index in [2.05, 4.69) is 19.2 Å². The average molecular weight is 573 g/mol. The summed E-state index contributed by atoms with van der Waals surface area (Å²) in [7, 11) is -2.39. The second-order valence-corrected chi connectivity index (χ2v) is 12.0. The number of rotatable bonds is 11. The molecule has 1 N–H and O–H groups in total. The van der Waals surface area contributed by atoms with Gasteiger partial charge < -0.3 is 14.8 Å². The fourth-order valence-electron chi connectivity index (χ4n) is 4.65. The van der Waals surface area contributed by atoms with E-state index in [0.29, 0.717) is 17.2 Å². The third kappa shape index (κ3) is 7.08. The minimum Gasteiger partial charge on any atom is -0.496 e. The Balaban J connectivity index is 1.60. The number of carbonyl (C=O) groups is 1. The van der Waals surface area contributed by atoms with Crippen LogP contribution >= 0.6 is 0 Å². The number of carbonyl (C=O) groups excluding carboxylic acids is 1. The molecule has 0 aliphatic carbocycles. The second-order valence-electron chi connectivity index (χ2n) is 10.1. The Kier molecular flexibility index (Phi) is 9.35. The number of para-hydroxylation sites is 1. The lowest BCUT2D eigenvalue weighted by Gasteiger charge is -2.26. The van der Waals surface area contributed by atoms with E-state index in [0.717, 1.165) is 26.7 Å². The molecule has 8 heteroatoms. The summed E-state index contributed by atoms with van der Waals surface area (Å²) in [6, 6.07) is 27.7. The van der Waals surface area contributed by atoms with E-state index in [9.17, 15) is 13.2 Å². The Bertz CT molecular complexity index is 1570. The summed E-state index contributed by atoms with van der Waals surface area (Å²) in [4.78, 5) is 13.5.